The molecule has 7 heteroatoms. The lowest BCUT2D eigenvalue weighted by atomic mass is 10.1. The Morgan fingerprint density at radius 3 is 2.93 bits per heavy atom. The molecule has 0 spiro atoms. The van der Waals surface area contributed by atoms with Crippen LogP contribution in [0.5, 0.6) is 11.5 Å². The molecule has 3 heterocycles. The molecule has 0 saturated heterocycles. The SMILES string of the molecule is Cn1cc(-c2cncc(CNC(=O)/C=C/c3ccc4c(c3)OCO4)c2)cn1. The predicted molar refractivity (Wildman–Crippen MR) is 99.9 cm³/mol. The molecule has 0 aliphatic carbocycles. The average molecular weight is 362 g/mol. The minimum Gasteiger partial charge on any atom is -0.454 e. The molecule has 7 nitrogen and oxygen atoms in total. The molecular formula is C20H18N4O3. The zero-order valence-electron chi connectivity index (χ0n) is 14.8. The van der Waals surface area contributed by atoms with Crippen molar-refractivity contribution < 1.29 is 14.3 Å². The van der Waals surface area contributed by atoms with E-state index in [9.17, 15) is 4.79 Å². The van der Waals surface area contributed by atoms with E-state index in [1.165, 1.54) is 6.08 Å². The van der Waals surface area contributed by atoms with Crippen molar-refractivity contribution in [1.29, 1.82) is 0 Å². The summed E-state index contributed by atoms with van der Waals surface area (Å²) in [5.74, 6) is 1.23. The highest BCUT2D eigenvalue weighted by atomic mass is 16.7. The number of carbonyl (C=O) groups excluding carboxylic acids is 1. The lowest BCUT2D eigenvalue weighted by Crippen LogP contribution is -2.20. The molecule has 2 aromatic heterocycles. The number of hydrogen-bond acceptors (Lipinski definition) is 5. The monoisotopic (exact) mass is 362 g/mol. The van der Waals surface area contributed by atoms with Gasteiger partial charge in [-0.25, -0.2) is 0 Å². The van der Waals surface area contributed by atoms with Crippen LogP contribution < -0.4 is 14.8 Å². The minimum absolute atomic E-state index is 0.181. The Balaban J connectivity index is 1.36. The van der Waals surface area contributed by atoms with Crippen molar-refractivity contribution in [2.45, 2.75) is 6.54 Å². The van der Waals surface area contributed by atoms with Gasteiger partial charge in [-0.2, -0.15) is 5.10 Å². The van der Waals surface area contributed by atoms with Gasteiger partial charge in [0.1, 0.15) is 0 Å². The number of pyridine rings is 1. The summed E-state index contributed by atoms with van der Waals surface area (Å²) in [6, 6.07) is 7.54. The summed E-state index contributed by atoms with van der Waals surface area (Å²) in [5.41, 5.74) is 3.74. The number of nitrogens with zero attached hydrogens (tertiary/aromatic N) is 3. The van der Waals surface area contributed by atoms with Gasteiger partial charge in [0.15, 0.2) is 11.5 Å². The van der Waals surface area contributed by atoms with Gasteiger partial charge in [0.05, 0.1) is 6.20 Å². The minimum atomic E-state index is -0.181. The van der Waals surface area contributed by atoms with Crippen molar-refractivity contribution in [3.05, 3.63) is 66.3 Å². The van der Waals surface area contributed by atoms with Gasteiger partial charge in [0, 0.05) is 49.4 Å². The molecule has 0 fully saturated rings. The fourth-order valence-corrected chi connectivity index (χ4v) is 2.75. The molecule has 27 heavy (non-hydrogen) atoms. The summed E-state index contributed by atoms with van der Waals surface area (Å²) in [7, 11) is 1.87. The molecule has 0 unspecified atom stereocenters. The van der Waals surface area contributed by atoms with Gasteiger partial charge in [0.2, 0.25) is 12.7 Å². The number of benzene rings is 1. The maximum atomic E-state index is 12.1. The van der Waals surface area contributed by atoms with Gasteiger partial charge >= 0.3 is 0 Å². The van der Waals surface area contributed by atoms with E-state index >= 15 is 0 Å². The largest absolute Gasteiger partial charge is 0.454 e. The van der Waals surface area contributed by atoms with E-state index in [1.54, 1.807) is 29.3 Å². The first-order chi connectivity index (χ1) is 13.2. The molecule has 0 atom stereocenters. The Labute approximate surface area is 156 Å². The summed E-state index contributed by atoms with van der Waals surface area (Å²) < 4.78 is 12.3. The Kier molecular flexibility index (Phi) is 4.57. The lowest BCUT2D eigenvalue weighted by Gasteiger charge is -2.04. The Bertz CT molecular complexity index is 1010. The molecule has 1 N–H and O–H groups in total. The molecule has 1 aromatic carbocycles. The average Bonchev–Trinajstić information content (AvgIpc) is 3.33. The van der Waals surface area contributed by atoms with Crippen LogP contribution in [-0.4, -0.2) is 27.5 Å². The van der Waals surface area contributed by atoms with E-state index in [0.29, 0.717) is 12.3 Å². The van der Waals surface area contributed by atoms with Crippen LogP contribution in [0, 0.1) is 0 Å². The molecule has 4 rings (SSSR count). The highest BCUT2D eigenvalue weighted by Crippen LogP contribution is 2.32. The maximum absolute atomic E-state index is 12.1. The van der Waals surface area contributed by atoms with Gasteiger partial charge < -0.3 is 14.8 Å². The van der Waals surface area contributed by atoms with E-state index in [-0.39, 0.29) is 12.7 Å². The van der Waals surface area contributed by atoms with E-state index in [0.717, 1.165) is 28.0 Å². The van der Waals surface area contributed by atoms with E-state index in [1.807, 2.05) is 37.5 Å². The molecule has 0 radical (unpaired) electrons. The van der Waals surface area contributed by atoms with Gasteiger partial charge in [-0.1, -0.05) is 6.07 Å². The number of fused-ring (bicyclic) bond motifs is 1. The number of carbonyl (C=O) groups is 1. The third kappa shape index (κ3) is 3.98. The van der Waals surface area contributed by atoms with Crippen molar-refractivity contribution in [2.24, 2.45) is 7.05 Å². The zero-order chi connectivity index (χ0) is 18.6. The van der Waals surface area contributed by atoms with E-state index in [4.69, 9.17) is 9.47 Å². The second kappa shape index (κ2) is 7.33. The number of nitrogens with one attached hydrogen (secondary N) is 1. The van der Waals surface area contributed by atoms with Crippen molar-refractivity contribution in [3.8, 4) is 22.6 Å². The van der Waals surface area contributed by atoms with Crippen LogP contribution in [0.25, 0.3) is 17.2 Å². The van der Waals surface area contributed by atoms with Crippen LogP contribution in [0.2, 0.25) is 0 Å². The number of amides is 1. The normalized spacial score (nSPS) is 12.5. The molecule has 3 aromatic rings. The highest BCUT2D eigenvalue weighted by molar-refractivity contribution is 5.91. The molecule has 1 amide bonds. The molecule has 136 valence electrons. The standard InChI is InChI=1S/C20H18N4O3/c1-24-12-17(11-23-24)16-6-15(8-21-10-16)9-22-20(25)5-3-14-2-4-18-19(7-14)27-13-26-18/h2-8,10-12H,9,13H2,1H3,(H,22,25)/b5-3+. The Morgan fingerprint density at radius 1 is 1.19 bits per heavy atom. The molecule has 0 bridgehead atoms. The smallest absolute Gasteiger partial charge is 0.244 e. The van der Waals surface area contributed by atoms with Gasteiger partial charge in [-0.15, -0.1) is 0 Å². The first-order valence-electron chi connectivity index (χ1n) is 8.46. The lowest BCUT2D eigenvalue weighted by molar-refractivity contribution is -0.116. The summed E-state index contributed by atoms with van der Waals surface area (Å²) in [4.78, 5) is 16.3. The summed E-state index contributed by atoms with van der Waals surface area (Å²) in [6.07, 6.45) is 10.5. The molecule has 0 saturated carbocycles. The van der Waals surface area contributed by atoms with E-state index < -0.39 is 0 Å². The summed E-state index contributed by atoms with van der Waals surface area (Å²) in [6.45, 7) is 0.626. The Morgan fingerprint density at radius 2 is 2.07 bits per heavy atom. The predicted octanol–water partition coefficient (Wildman–Crippen LogP) is 2.54. The van der Waals surface area contributed by atoms with Gasteiger partial charge in [0.25, 0.3) is 0 Å². The highest BCUT2D eigenvalue weighted by Gasteiger charge is 2.12. The van der Waals surface area contributed by atoms with Crippen LogP contribution in [0.3, 0.4) is 0 Å². The molecule has 1 aliphatic rings. The number of aryl methyl sites for hydroxylation is 1. The number of ether oxygens (including phenoxy) is 2. The third-order valence-corrected chi connectivity index (χ3v) is 4.12. The van der Waals surface area contributed by atoms with E-state index in [2.05, 4.69) is 15.4 Å². The van der Waals surface area contributed by atoms with Crippen molar-refractivity contribution in [3.63, 3.8) is 0 Å². The number of aromatic nitrogens is 3. The van der Waals surface area contributed by atoms with Crippen molar-refractivity contribution >= 4 is 12.0 Å². The quantitative estimate of drug-likeness (QED) is 0.706. The third-order valence-electron chi connectivity index (χ3n) is 4.12. The molecular weight excluding hydrogens is 344 g/mol. The fourth-order valence-electron chi connectivity index (χ4n) is 2.75. The van der Waals surface area contributed by atoms with Crippen LogP contribution in [0.1, 0.15) is 11.1 Å². The fraction of sp³-hybridized carbons (Fsp3) is 0.150. The first kappa shape index (κ1) is 16.8. The summed E-state index contributed by atoms with van der Waals surface area (Å²) >= 11 is 0. The zero-order valence-corrected chi connectivity index (χ0v) is 14.8. The van der Waals surface area contributed by atoms with Crippen LogP contribution in [-0.2, 0) is 18.4 Å². The van der Waals surface area contributed by atoms with Crippen molar-refractivity contribution in [2.75, 3.05) is 6.79 Å². The van der Waals surface area contributed by atoms with Crippen molar-refractivity contribution in [1.82, 2.24) is 20.1 Å². The first-order valence-corrected chi connectivity index (χ1v) is 8.46. The van der Waals surface area contributed by atoms with Crippen LogP contribution >= 0.6 is 0 Å². The topological polar surface area (TPSA) is 78.3 Å². The van der Waals surface area contributed by atoms with Crippen LogP contribution in [0.4, 0.5) is 0 Å². The number of rotatable bonds is 5. The van der Waals surface area contributed by atoms with Crippen LogP contribution in [0.15, 0.2) is 55.1 Å². The maximum Gasteiger partial charge on any atom is 0.244 e. The Hall–Kier alpha value is -3.61. The number of hydrogen-bond donors (Lipinski definition) is 1. The van der Waals surface area contributed by atoms with Gasteiger partial charge in [-0.05, 0) is 35.4 Å². The second-order valence-electron chi connectivity index (χ2n) is 6.15. The summed E-state index contributed by atoms with van der Waals surface area (Å²) in [5, 5.41) is 7.03. The molecule has 1 aliphatic heterocycles. The van der Waals surface area contributed by atoms with Gasteiger partial charge in [-0.3, -0.25) is 14.5 Å². The second-order valence-corrected chi connectivity index (χ2v) is 6.15.